The molecule has 20 heavy (non-hydrogen) atoms. The Labute approximate surface area is 125 Å². The van der Waals surface area contributed by atoms with Gasteiger partial charge in [-0.2, -0.15) is 0 Å². The number of benzene rings is 1. The van der Waals surface area contributed by atoms with Crippen molar-refractivity contribution in [1.29, 1.82) is 0 Å². The summed E-state index contributed by atoms with van der Waals surface area (Å²) < 4.78 is 24.6. The van der Waals surface area contributed by atoms with Crippen molar-refractivity contribution >= 4 is 44.9 Å². The number of primary amides is 1. The first kappa shape index (κ1) is 16.7. The number of aromatic carboxylic acids is 1. The van der Waals surface area contributed by atoms with Crippen LogP contribution in [-0.2, 0) is 14.6 Å². The van der Waals surface area contributed by atoms with Crippen LogP contribution in [0.4, 0.5) is 0 Å². The average molecular weight is 340 g/mol. The van der Waals surface area contributed by atoms with Gasteiger partial charge in [-0.1, -0.05) is 30.1 Å². The van der Waals surface area contributed by atoms with Gasteiger partial charge in [-0.3, -0.25) is 4.79 Å². The molecule has 0 saturated heterocycles. The molecule has 9 heteroatoms. The van der Waals surface area contributed by atoms with E-state index in [1.54, 1.807) is 0 Å². The lowest BCUT2D eigenvalue weighted by Gasteiger charge is -2.14. The zero-order valence-corrected chi connectivity index (χ0v) is 12.6. The number of hydrogen-bond donors (Lipinski definition) is 2. The Balaban J connectivity index is 3.57. The molecule has 0 radical (unpaired) electrons. The molecule has 1 atom stereocenters. The third-order valence-corrected chi connectivity index (χ3v) is 5.62. The van der Waals surface area contributed by atoms with E-state index in [1.165, 1.54) is 6.92 Å². The minimum absolute atomic E-state index is 0.0565. The second kappa shape index (κ2) is 5.99. The number of hydrogen-bond acceptors (Lipinski definition) is 4. The lowest BCUT2D eigenvalue weighted by molar-refractivity contribution is -0.117. The van der Waals surface area contributed by atoms with Crippen molar-refractivity contribution < 1.29 is 23.1 Å². The summed E-state index contributed by atoms with van der Waals surface area (Å²) in [6.45, 7) is 1.47. The Hall–Kier alpha value is -1.31. The summed E-state index contributed by atoms with van der Waals surface area (Å²) in [4.78, 5) is 21.7. The molecule has 0 heterocycles. The van der Waals surface area contributed by atoms with Gasteiger partial charge in [0, 0.05) is 0 Å². The van der Waals surface area contributed by atoms with Gasteiger partial charge in [-0.25, -0.2) is 13.2 Å². The van der Waals surface area contributed by atoms with E-state index in [0.717, 1.165) is 12.1 Å². The molecule has 0 spiro atoms. The van der Waals surface area contributed by atoms with Crippen LogP contribution in [0.2, 0.25) is 10.0 Å². The number of carboxylic acid groups (broad SMARTS) is 1. The van der Waals surface area contributed by atoms with E-state index in [4.69, 9.17) is 34.0 Å². The molecule has 1 unspecified atom stereocenters. The summed E-state index contributed by atoms with van der Waals surface area (Å²) in [5, 5.41) is 6.99. The van der Waals surface area contributed by atoms with Crippen molar-refractivity contribution in [2.75, 3.05) is 0 Å². The largest absolute Gasteiger partial charge is 0.478 e. The molecule has 0 aliphatic heterocycles. The zero-order valence-electron chi connectivity index (χ0n) is 10.3. The quantitative estimate of drug-likeness (QED) is 0.847. The Morgan fingerprint density at radius 3 is 2.25 bits per heavy atom. The third-order valence-electron chi connectivity index (χ3n) is 2.62. The van der Waals surface area contributed by atoms with Crippen molar-refractivity contribution in [3.8, 4) is 0 Å². The van der Waals surface area contributed by atoms with E-state index in [2.05, 4.69) is 0 Å². The van der Waals surface area contributed by atoms with Crippen LogP contribution >= 0.6 is 23.2 Å². The van der Waals surface area contributed by atoms with Gasteiger partial charge in [0.2, 0.25) is 5.91 Å². The van der Waals surface area contributed by atoms with E-state index in [9.17, 15) is 18.0 Å². The number of amides is 1. The average Bonchev–Trinajstić information content (AvgIpc) is 2.27. The lowest BCUT2D eigenvalue weighted by atomic mass is 10.2. The van der Waals surface area contributed by atoms with Gasteiger partial charge >= 0.3 is 5.97 Å². The highest BCUT2D eigenvalue weighted by Gasteiger charge is 2.33. The summed E-state index contributed by atoms with van der Waals surface area (Å²) >= 11 is 11.5. The van der Waals surface area contributed by atoms with Gasteiger partial charge in [0.05, 0.1) is 20.5 Å². The smallest absolute Gasteiger partial charge is 0.337 e. The van der Waals surface area contributed by atoms with Gasteiger partial charge in [0.1, 0.15) is 5.25 Å². The number of carbonyl (C=O) groups excluding carboxylic acids is 1. The van der Waals surface area contributed by atoms with E-state index in [1.807, 2.05) is 0 Å². The third kappa shape index (κ3) is 3.05. The molecule has 3 N–H and O–H groups in total. The molecule has 110 valence electrons. The minimum Gasteiger partial charge on any atom is -0.478 e. The van der Waals surface area contributed by atoms with Crippen molar-refractivity contribution in [3.05, 3.63) is 27.7 Å². The molecule has 0 bridgehead atoms. The van der Waals surface area contributed by atoms with Crippen LogP contribution in [0.5, 0.6) is 0 Å². The summed E-state index contributed by atoms with van der Waals surface area (Å²) in [5.74, 6) is -2.44. The van der Waals surface area contributed by atoms with E-state index < -0.39 is 37.4 Å². The highest BCUT2D eigenvalue weighted by molar-refractivity contribution is 7.93. The Morgan fingerprint density at radius 1 is 1.30 bits per heavy atom. The number of sulfone groups is 1. The van der Waals surface area contributed by atoms with Gasteiger partial charge in [-0.05, 0) is 18.6 Å². The van der Waals surface area contributed by atoms with E-state index >= 15 is 0 Å². The summed E-state index contributed by atoms with van der Waals surface area (Å²) in [6, 6.07) is 1.83. The molecule has 0 fully saturated rings. The number of carboxylic acids is 1. The Kier molecular flexibility index (Phi) is 5.01. The Morgan fingerprint density at radius 2 is 1.85 bits per heavy atom. The first-order valence-electron chi connectivity index (χ1n) is 5.38. The molecule has 1 aromatic rings. The fourth-order valence-corrected chi connectivity index (χ4v) is 4.09. The molecule has 1 amide bonds. The van der Waals surface area contributed by atoms with E-state index in [0.29, 0.717) is 0 Å². The molecule has 6 nitrogen and oxygen atoms in total. The SMILES string of the molecule is CCC(C(N)=O)S(=O)(=O)c1cc(C(=O)O)c(Cl)cc1Cl. The molecule has 0 aliphatic rings. The summed E-state index contributed by atoms with van der Waals surface area (Å²) in [7, 11) is -4.18. The first-order valence-corrected chi connectivity index (χ1v) is 7.68. The van der Waals surface area contributed by atoms with Crippen LogP contribution in [0.15, 0.2) is 17.0 Å². The fourth-order valence-electron chi connectivity index (χ4n) is 1.64. The number of rotatable bonds is 5. The predicted octanol–water partition coefficient (Wildman–Crippen LogP) is 1.73. The van der Waals surface area contributed by atoms with Crippen molar-refractivity contribution in [2.24, 2.45) is 5.73 Å². The maximum atomic E-state index is 12.3. The predicted molar refractivity (Wildman–Crippen MR) is 73.9 cm³/mol. The molecular weight excluding hydrogens is 329 g/mol. The monoisotopic (exact) mass is 339 g/mol. The van der Waals surface area contributed by atoms with Crippen molar-refractivity contribution in [2.45, 2.75) is 23.5 Å². The van der Waals surface area contributed by atoms with Crippen molar-refractivity contribution in [1.82, 2.24) is 0 Å². The topological polar surface area (TPSA) is 115 Å². The van der Waals surface area contributed by atoms with E-state index in [-0.39, 0.29) is 16.5 Å². The van der Waals surface area contributed by atoms with Crippen LogP contribution in [0.25, 0.3) is 0 Å². The van der Waals surface area contributed by atoms with Crippen LogP contribution < -0.4 is 5.73 Å². The van der Waals surface area contributed by atoms with Crippen LogP contribution in [0, 0.1) is 0 Å². The zero-order chi connectivity index (χ0) is 15.7. The maximum Gasteiger partial charge on any atom is 0.337 e. The summed E-state index contributed by atoms with van der Waals surface area (Å²) in [6.07, 6.45) is -0.0565. The highest BCUT2D eigenvalue weighted by atomic mass is 35.5. The molecule has 0 aromatic heterocycles. The number of nitrogens with two attached hydrogens (primary N) is 1. The Bertz CT molecular complexity index is 672. The van der Waals surface area contributed by atoms with Gasteiger partial charge < -0.3 is 10.8 Å². The van der Waals surface area contributed by atoms with Gasteiger partial charge in [0.25, 0.3) is 0 Å². The van der Waals surface area contributed by atoms with Crippen molar-refractivity contribution in [3.63, 3.8) is 0 Å². The van der Waals surface area contributed by atoms with Crippen LogP contribution in [0.1, 0.15) is 23.7 Å². The number of halogens is 2. The normalized spacial score (nSPS) is 12.9. The van der Waals surface area contributed by atoms with Crippen LogP contribution in [-0.4, -0.2) is 30.7 Å². The molecule has 0 saturated carbocycles. The van der Waals surface area contributed by atoms with Crippen LogP contribution in [0.3, 0.4) is 0 Å². The number of carbonyl (C=O) groups is 2. The highest BCUT2D eigenvalue weighted by Crippen LogP contribution is 2.31. The first-order chi connectivity index (χ1) is 9.12. The molecular formula is C11H11Cl2NO5S. The minimum atomic E-state index is -4.18. The summed E-state index contributed by atoms with van der Waals surface area (Å²) in [5.41, 5.74) is 4.62. The molecule has 1 aromatic carbocycles. The van der Waals surface area contributed by atoms with Gasteiger partial charge in [0.15, 0.2) is 9.84 Å². The standard InChI is InChI=1S/C11H11Cl2NO5S/c1-2-8(10(14)15)20(18,19)9-3-5(11(16)17)6(12)4-7(9)13/h3-4,8H,2H2,1H3,(H2,14,15)(H,16,17). The van der Waals surface area contributed by atoms with Gasteiger partial charge in [-0.15, -0.1) is 0 Å². The second-order valence-corrected chi connectivity index (χ2v) is 6.83. The molecule has 1 rings (SSSR count). The molecule has 0 aliphatic carbocycles. The maximum absolute atomic E-state index is 12.3. The fraction of sp³-hybridized carbons (Fsp3) is 0.273. The lowest BCUT2D eigenvalue weighted by Crippen LogP contribution is -2.35. The second-order valence-electron chi connectivity index (χ2n) is 3.91.